The van der Waals surface area contributed by atoms with Crippen LogP contribution in [-0.2, 0) is 25.9 Å². The van der Waals surface area contributed by atoms with Crippen molar-refractivity contribution in [2.75, 3.05) is 14.2 Å². The number of fused-ring (bicyclic) bond motifs is 3. The maximum atomic E-state index is 5.29. The molecule has 1 atom stereocenters. The van der Waals surface area contributed by atoms with Crippen LogP contribution in [0.3, 0.4) is 0 Å². The van der Waals surface area contributed by atoms with E-state index in [9.17, 15) is 0 Å². The zero-order valence-electron chi connectivity index (χ0n) is 17.2. The highest BCUT2D eigenvalue weighted by atomic mass is 16.5. The van der Waals surface area contributed by atoms with Crippen LogP contribution in [0.4, 0.5) is 0 Å². The molecule has 0 saturated carbocycles. The van der Waals surface area contributed by atoms with E-state index in [2.05, 4.69) is 73.7 Å². The first-order valence-electron chi connectivity index (χ1n) is 9.93. The Morgan fingerprint density at radius 3 is 2.44 bits per heavy atom. The van der Waals surface area contributed by atoms with Crippen molar-refractivity contribution in [2.45, 2.75) is 52.7 Å². The summed E-state index contributed by atoms with van der Waals surface area (Å²) >= 11 is 0. The fourth-order valence-electron chi connectivity index (χ4n) is 4.49. The van der Waals surface area contributed by atoms with E-state index in [-0.39, 0.29) is 0 Å². The smallest absolute Gasteiger partial charge is 0.118 e. The SMILES string of the molecule is COc1ccc(CCn2c3c(c4c(C)ccc(C)c42)CN(C)C(C)C3)cc1. The molecule has 0 amide bonds. The number of nitrogens with zero attached hydrogens (tertiary/aromatic N) is 2. The summed E-state index contributed by atoms with van der Waals surface area (Å²) in [5.74, 6) is 0.922. The van der Waals surface area contributed by atoms with Crippen LogP contribution in [0.25, 0.3) is 10.9 Å². The van der Waals surface area contributed by atoms with E-state index in [1.807, 2.05) is 0 Å². The van der Waals surface area contributed by atoms with Crippen LogP contribution in [0.2, 0.25) is 0 Å². The molecule has 142 valence electrons. The van der Waals surface area contributed by atoms with Gasteiger partial charge < -0.3 is 9.30 Å². The minimum atomic E-state index is 0.585. The summed E-state index contributed by atoms with van der Waals surface area (Å²) in [6.45, 7) is 8.93. The Morgan fingerprint density at radius 1 is 1.04 bits per heavy atom. The summed E-state index contributed by atoms with van der Waals surface area (Å²) in [5, 5.41) is 1.48. The molecule has 3 heteroatoms. The molecule has 1 aliphatic rings. The van der Waals surface area contributed by atoms with Crippen LogP contribution in [0.15, 0.2) is 36.4 Å². The van der Waals surface area contributed by atoms with E-state index in [1.165, 1.54) is 27.6 Å². The molecule has 2 aromatic carbocycles. The van der Waals surface area contributed by atoms with Crippen molar-refractivity contribution in [3.8, 4) is 5.75 Å². The quantitative estimate of drug-likeness (QED) is 0.658. The van der Waals surface area contributed by atoms with Gasteiger partial charge in [0.2, 0.25) is 0 Å². The highest BCUT2D eigenvalue weighted by molar-refractivity contribution is 5.91. The Balaban J connectivity index is 1.77. The molecule has 4 rings (SSSR count). The predicted octanol–water partition coefficient (Wildman–Crippen LogP) is 4.89. The van der Waals surface area contributed by atoms with E-state index < -0.39 is 0 Å². The highest BCUT2D eigenvalue weighted by Crippen LogP contribution is 2.36. The van der Waals surface area contributed by atoms with Crippen LogP contribution >= 0.6 is 0 Å². The Labute approximate surface area is 162 Å². The van der Waals surface area contributed by atoms with Gasteiger partial charge in [0.1, 0.15) is 5.75 Å². The molecule has 0 fully saturated rings. The molecule has 0 radical (unpaired) electrons. The second-order valence-electron chi connectivity index (χ2n) is 8.07. The van der Waals surface area contributed by atoms with Crippen LogP contribution in [-0.4, -0.2) is 29.7 Å². The van der Waals surface area contributed by atoms with Gasteiger partial charge >= 0.3 is 0 Å². The van der Waals surface area contributed by atoms with Crippen LogP contribution in [0.1, 0.15) is 34.9 Å². The van der Waals surface area contributed by atoms with Crippen molar-refractivity contribution in [1.82, 2.24) is 9.47 Å². The first-order chi connectivity index (χ1) is 13.0. The van der Waals surface area contributed by atoms with Gasteiger partial charge in [0.05, 0.1) is 12.6 Å². The lowest BCUT2D eigenvalue weighted by Crippen LogP contribution is -2.35. The number of likely N-dealkylation sites (N-methyl/N-ethyl adjacent to an activating group) is 1. The van der Waals surface area contributed by atoms with E-state index in [1.54, 1.807) is 18.4 Å². The zero-order valence-corrected chi connectivity index (χ0v) is 17.2. The molecule has 27 heavy (non-hydrogen) atoms. The first-order valence-corrected chi connectivity index (χ1v) is 9.93. The minimum absolute atomic E-state index is 0.585. The maximum Gasteiger partial charge on any atom is 0.118 e. The first kappa shape index (κ1) is 18.1. The van der Waals surface area contributed by atoms with Crippen molar-refractivity contribution in [3.63, 3.8) is 0 Å². The fraction of sp³-hybridized carbons (Fsp3) is 0.417. The number of aromatic nitrogens is 1. The lowest BCUT2D eigenvalue weighted by molar-refractivity contribution is 0.228. The monoisotopic (exact) mass is 362 g/mol. The number of benzene rings is 2. The standard InChI is InChI=1S/C24H30N2O/c1-16-6-7-17(2)24-23(16)21-15-25(4)18(3)14-22(21)26(24)13-12-19-8-10-20(27-5)11-9-19/h6-11,18H,12-15H2,1-5H3. The largest absolute Gasteiger partial charge is 0.497 e. The number of rotatable bonds is 4. The Bertz CT molecular complexity index is 968. The van der Waals surface area contributed by atoms with Crippen LogP contribution < -0.4 is 4.74 Å². The van der Waals surface area contributed by atoms with Crippen LogP contribution in [0, 0.1) is 13.8 Å². The van der Waals surface area contributed by atoms with Gasteiger partial charge in [-0.3, -0.25) is 4.90 Å². The predicted molar refractivity (Wildman–Crippen MR) is 113 cm³/mol. The van der Waals surface area contributed by atoms with E-state index in [0.717, 1.165) is 31.7 Å². The second kappa shape index (κ2) is 7.05. The number of hydrogen-bond acceptors (Lipinski definition) is 2. The van der Waals surface area contributed by atoms with Gasteiger partial charge in [-0.2, -0.15) is 0 Å². The van der Waals surface area contributed by atoms with Gasteiger partial charge in [0.15, 0.2) is 0 Å². The lowest BCUT2D eigenvalue weighted by Gasteiger charge is -2.31. The van der Waals surface area contributed by atoms with Crippen molar-refractivity contribution >= 4 is 10.9 Å². The van der Waals surface area contributed by atoms with Crippen molar-refractivity contribution in [2.24, 2.45) is 0 Å². The summed E-state index contributed by atoms with van der Waals surface area (Å²) in [4.78, 5) is 2.48. The Kier molecular flexibility index (Phi) is 4.73. The molecular weight excluding hydrogens is 332 g/mol. The van der Waals surface area contributed by atoms with E-state index >= 15 is 0 Å². The van der Waals surface area contributed by atoms with Crippen molar-refractivity contribution < 1.29 is 4.74 Å². The Hall–Kier alpha value is -2.26. The number of methoxy groups -OCH3 is 1. The number of hydrogen-bond donors (Lipinski definition) is 0. The molecular formula is C24H30N2O. The van der Waals surface area contributed by atoms with Gasteiger partial charge in [0, 0.05) is 36.6 Å². The van der Waals surface area contributed by atoms with Gasteiger partial charge in [-0.05, 0) is 68.6 Å². The normalized spacial score (nSPS) is 17.3. The second-order valence-corrected chi connectivity index (χ2v) is 8.07. The average Bonchev–Trinajstić information content (AvgIpc) is 2.98. The third kappa shape index (κ3) is 3.14. The lowest BCUT2D eigenvalue weighted by atomic mass is 9.97. The number of ether oxygens (including phenoxy) is 1. The summed E-state index contributed by atoms with van der Waals surface area (Å²) in [6, 6.07) is 13.6. The van der Waals surface area contributed by atoms with E-state index in [0.29, 0.717) is 6.04 Å². The topological polar surface area (TPSA) is 17.4 Å². The summed E-state index contributed by atoms with van der Waals surface area (Å²) in [7, 11) is 3.97. The molecule has 0 saturated heterocycles. The molecule has 1 unspecified atom stereocenters. The third-order valence-electron chi connectivity index (χ3n) is 6.27. The average molecular weight is 363 g/mol. The van der Waals surface area contributed by atoms with Gasteiger partial charge in [-0.25, -0.2) is 0 Å². The summed E-state index contributed by atoms with van der Waals surface area (Å²) in [6.07, 6.45) is 2.17. The van der Waals surface area contributed by atoms with Crippen molar-refractivity contribution in [1.29, 1.82) is 0 Å². The van der Waals surface area contributed by atoms with Gasteiger partial charge in [-0.15, -0.1) is 0 Å². The maximum absolute atomic E-state index is 5.29. The highest BCUT2D eigenvalue weighted by Gasteiger charge is 2.27. The van der Waals surface area contributed by atoms with Gasteiger partial charge in [-0.1, -0.05) is 24.3 Å². The minimum Gasteiger partial charge on any atom is -0.497 e. The molecule has 1 aliphatic heterocycles. The molecule has 2 heterocycles. The van der Waals surface area contributed by atoms with Crippen LogP contribution in [0.5, 0.6) is 5.75 Å². The molecule has 0 aliphatic carbocycles. The fourth-order valence-corrected chi connectivity index (χ4v) is 4.49. The summed E-state index contributed by atoms with van der Waals surface area (Å²) < 4.78 is 7.90. The van der Waals surface area contributed by atoms with E-state index in [4.69, 9.17) is 4.74 Å². The number of aryl methyl sites for hydroxylation is 4. The summed E-state index contributed by atoms with van der Waals surface area (Å²) in [5.41, 5.74) is 8.67. The molecule has 0 N–H and O–H groups in total. The van der Waals surface area contributed by atoms with Gasteiger partial charge in [0.25, 0.3) is 0 Å². The van der Waals surface area contributed by atoms with Crippen molar-refractivity contribution in [3.05, 3.63) is 64.3 Å². The molecule has 0 spiro atoms. The molecule has 3 aromatic rings. The molecule has 0 bridgehead atoms. The molecule has 1 aromatic heterocycles. The third-order valence-corrected chi connectivity index (χ3v) is 6.27. The molecule has 3 nitrogen and oxygen atoms in total. The Morgan fingerprint density at radius 2 is 1.74 bits per heavy atom. The zero-order chi connectivity index (χ0) is 19.1.